The van der Waals surface area contributed by atoms with Gasteiger partial charge in [-0.05, 0) is 31.0 Å². The molecule has 0 aliphatic carbocycles. The van der Waals surface area contributed by atoms with E-state index in [1.807, 2.05) is 43.5 Å². The lowest BCUT2D eigenvalue weighted by Crippen LogP contribution is -2.07. The van der Waals surface area contributed by atoms with E-state index in [1.54, 1.807) is 6.20 Å². The molecular formula is C18H16N4. The fraction of sp³-hybridized carbons (Fsp3) is 0.167. The zero-order valence-corrected chi connectivity index (χ0v) is 12.4. The van der Waals surface area contributed by atoms with Crippen LogP contribution in [0.3, 0.4) is 0 Å². The van der Waals surface area contributed by atoms with Gasteiger partial charge in [-0.3, -0.25) is 9.97 Å². The minimum Gasteiger partial charge on any atom is -0.383 e. The summed E-state index contributed by atoms with van der Waals surface area (Å²) in [7, 11) is 0. The molecule has 1 N–H and O–H groups in total. The van der Waals surface area contributed by atoms with Crippen LogP contribution in [0.2, 0.25) is 0 Å². The normalized spacial score (nSPS) is 10.4. The fourth-order valence-corrected chi connectivity index (χ4v) is 2.39. The Bertz CT molecular complexity index is 832. The third kappa shape index (κ3) is 2.89. The summed E-state index contributed by atoms with van der Waals surface area (Å²) in [5.41, 5.74) is 4.51. The smallest absolute Gasteiger partial charge is 0.103 e. The topological polar surface area (TPSA) is 61.6 Å². The number of aryl methyl sites for hydroxylation is 1. The molecular weight excluding hydrogens is 272 g/mol. The summed E-state index contributed by atoms with van der Waals surface area (Å²) in [4.78, 5) is 8.61. The van der Waals surface area contributed by atoms with E-state index < -0.39 is 0 Å². The number of para-hydroxylation sites is 1. The molecule has 0 saturated carbocycles. The lowest BCUT2D eigenvalue weighted by Gasteiger charge is -2.11. The molecule has 3 rings (SSSR count). The first-order valence-corrected chi connectivity index (χ1v) is 7.21. The van der Waals surface area contributed by atoms with E-state index in [0.717, 1.165) is 35.2 Å². The lowest BCUT2D eigenvalue weighted by atomic mass is 10.1. The van der Waals surface area contributed by atoms with Crippen LogP contribution in [0.1, 0.15) is 16.8 Å². The molecule has 4 nitrogen and oxygen atoms in total. The number of pyridine rings is 2. The number of aromatic nitrogens is 2. The largest absolute Gasteiger partial charge is 0.383 e. The second-order valence-corrected chi connectivity index (χ2v) is 5.16. The van der Waals surface area contributed by atoms with Crippen molar-refractivity contribution < 1.29 is 0 Å². The van der Waals surface area contributed by atoms with Crippen LogP contribution in [0.4, 0.5) is 5.69 Å². The Morgan fingerprint density at radius 1 is 1.09 bits per heavy atom. The maximum absolute atomic E-state index is 9.28. The van der Waals surface area contributed by atoms with Gasteiger partial charge < -0.3 is 5.32 Å². The van der Waals surface area contributed by atoms with Crippen molar-refractivity contribution in [1.29, 1.82) is 5.26 Å². The summed E-state index contributed by atoms with van der Waals surface area (Å²) in [5.74, 6) is 0. The number of nitrogens with one attached hydrogen (secondary N) is 1. The third-order valence-electron chi connectivity index (χ3n) is 3.58. The van der Waals surface area contributed by atoms with Crippen LogP contribution in [-0.2, 0) is 6.42 Å². The van der Waals surface area contributed by atoms with Gasteiger partial charge in [0, 0.05) is 30.0 Å². The molecule has 4 heteroatoms. The Balaban J connectivity index is 1.81. The summed E-state index contributed by atoms with van der Waals surface area (Å²) in [6.45, 7) is 2.72. The fourth-order valence-electron chi connectivity index (χ4n) is 2.39. The first-order chi connectivity index (χ1) is 10.8. The van der Waals surface area contributed by atoms with E-state index >= 15 is 0 Å². The van der Waals surface area contributed by atoms with E-state index in [2.05, 4.69) is 27.4 Å². The Labute approximate surface area is 129 Å². The second kappa shape index (κ2) is 6.23. The molecule has 0 atom stereocenters. The second-order valence-electron chi connectivity index (χ2n) is 5.16. The Hall–Kier alpha value is -2.93. The van der Waals surface area contributed by atoms with Gasteiger partial charge in [-0.1, -0.05) is 24.3 Å². The van der Waals surface area contributed by atoms with E-state index in [0.29, 0.717) is 5.56 Å². The zero-order chi connectivity index (χ0) is 15.4. The van der Waals surface area contributed by atoms with Gasteiger partial charge in [0.05, 0.1) is 16.8 Å². The molecule has 2 heterocycles. The molecule has 0 unspecified atom stereocenters. The lowest BCUT2D eigenvalue weighted by molar-refractivity contribution is 0.997. The van der Waals surface area contributed by atoms with Crippen molar-refractivity contribution >= 4 is 16.6 Å². The molecule has 0 aliphatic heterocycles. The maximum atomic E-state index is 9.28. The molecule has 0 bridgehead atoms. The molecule has 0 spiro atoms. The third-order valence-corrected chi connectivity index (χ3v) is 3.58. The minimum absolute atomic E-state index is 0.570. The van der Waals surface area contributed by atoms with Crippen LogP contribution >= 0.6 is 0 Å². The highest BCUT2D eigenvalue weighted by Crippen LogP contribution is 2.25. The molecule has 0 aliphatic rings. The average molecular weight is 288 g/mol. The average Bonchev–Trinajstić information content (AvgIpc) is 2.56. The van der Waals surface area contributed by atoms with Crippen molar-refractivity contribution in [1.82, 2.24) is 9.97 Å². The van der Waals surface area contributed by atoms with Crippen LogP contribution < -0.4 is 5.32 Å². The Kier molecular flexibility index (Phi) is 3.97. The number of hydrogen-bond acceptors (Lipinski definition) is 4. The molecule has 22 heavy (non-hydrogen) atoms. The van der Waals surface area contributed by atoms with E-state index in [9.17, 15) is 5.26 Å². The maximum Gasteiger partial charge on any atom is 0.103 e. The van der Waals surface area contributed by atoms with Gasteiger partial charge in [-0.2, -0.15) is 5.26 Å². The summed E-state index contributed by atoms with van der Waals surface area (Å²) in [6, 6.07) is 14.1. The van der Waals surface area contributed by atoms with E-state index in [1.165, 1.54) is 5.56 Å². The molecule has 1 aromatic carbocycles. The first kappa shape index (κ1) is 14.0. The zero-order valence-electron chi connectivity index (χ0n) is 12.4. The number of anilines is 1. The van der Waals surface area contributed by atoms with Gasteiger partial charge in [0.25, 0.3) is 0 Å². The number of rotatable bonds is 4. The molecule has 0 saturated heterocycles. The molecule has 0 radical (unpaired) electrons. The quantitative estimate of drug-likeness (QED) is 0.798. The molecule has 3 aromatic rings. The van der Waals surface area contributed by atoms with Crippen molar-refractivity contribution in [3.63, 3.8) is 0 Å². The van der Waals surface area contributed by atoms with Crippen molar-refractivity contribution in [2.75, 3.05) is 11.9 Å². The van der Waals surface area contributed by atoms with Crippen molar-refractivity contribution in [3.05, 3.63) is 65.6 Å². The van der Waals surface area contributed by atoms with Gasteiger partial charge in [0.1, 0.15) is 6.07 Å². The predicted octanol–water partition coefficient (Wildman–Crippen LogP) is 3.46. The van der Waals surface area contributed by atoms with Crippen molar-refractivity contribution in [2.24, 2.45) is 0 Å². The highest BCUT2D eigenvalue weighted by atomic mass is 14.9. The number of fused-ring (bicyclic) bond motifs is 1. The summed E-state index contributed by atoms with van der Waals surface area (Å²) in [6.07, 6.45) is 4.37. The van der Waals surface area contributed by atoms with Gasteiger partial charge in [-0.15, -0.1) is 0 Å². The van der Waals surface area contributed by atoms with E-state index in [4.69, 9.17) is 0 Å². The molecule has 108 valence electrons. The number of nitrogens with zero attached hydrogens (tertiary/aromatic N) is 3. The number of nitriles is 1. The van der Waals surface area contributed by atoms with Crippen molar-refractivity contribution in [3.8, 4) is 6.07 Å². The standard InChI is InChI=1S/C18H16N4/c1-13-6-7-14(11-21-13)8-9-20-18-15(10-19)12-22-17-5-3-2-4-16(17)18/h2-7,11-12H,8-9H2,1H3,(H,20,22). The summed E-state index contributed by atoms with van der Waals surface area (Å²) < 4.78 is 0. The summed E-state index contributed by atoms with van der Waals surface area (Å²) >= 11 is 0. The highest BCUT2D eigenvalue weighted by Gasteiger charge is 2.07. The van der Waals surface area contributed by atoms with Crippen LogP contribution in [-0.4, -0.2) is 16.5 Å². The Morgan fingerprint density at radius 3 is 2.73 bits per heavy atom. The van der Waals surface area contributed by atoms with E-state index in [-0.39, 0.29) is 0 Å². The van der Waals surface area contributed by atoms with Gasteiger partial charge in [0.2, 0.25) is 0 Å². The predicted molar refractivity (Wildman–Crippen MR) is 87.6 cm³/mol. The molecule has 0 amide bonds. The van der Waals surface area contributed by atoms with Crippen molar-refractivity contribution in [2.45, 2.75) is 13.3 Å². The van der Waals surface area contributed by atoms with Crippen LogP contribution in [0, 0.1) is 18.3 Å². The first-order valence-electron chi connectivity index (χ1n) is 7.21. The Morgan fingerprint density at radius 2 is 1.95 bits per heavy atom. The summed E-state index contributed by atoms with van der Waals surface area (Å²) in [5, 5.41) is 13.6. The highest BCUT2D eigenvalue weighted by molar-refractivity contribution is 5.93. The van der Waals surface area contributed by atoms with Crippen LogP contribution in [0.15, 0.2) is 48.8 Å². The van der Waals surface area contributed by atoms with Gasteiger partial charge in [-0.25, -0.2) is 0 Å². The molecule has 0 fully saturated rings. The van der Waals surface area contributed by atoms with Gasteiger partial charge in [0.15, 0.2) is 0 Å². The monoisotopic (exact) mass is 288 g/mol. The van der Waals surface area contributed by atoms with Crippen LogP contribution in [0.5, 0.6) is 0 Å². The molecule has 2 aromatic heterocycles. The minimum atomic E-state index is 0.570. The number of benzene rings is 1. The van der Waals surface area contributed by atoms with Crippen LogP contribution in [0.25, 0.3) is 10.9 Å². The SMILES string of the molecule is Cc1ccc(CCNc2c(C#N)cnc3ccccc23)cn1. The number of hydrogen-bond donors (Lipinski definition) is 1. The van der Waals surface area contributed by atoms with Gasteiger partial charge >= 0.3 is 0 Å².